The second-order valence-corrected chi connectivity index (χ2v) is 5.58. The van der Waals surface area contributed by atoms with Gasteiger partial charge in [-0.2, -0.15) is 0 Å². The number of carbonyl (C=O) groups is 1. The van der Waals surface area contributed by atoms with Gasteiger partial charge in [-0.15, -0.1) is 0 Å². The maximum absolute atomic E-state index is 12.5. The number of amides is 1. The van der Waals surface area contributed by atoms with E-state index in [2.05, 4.69) is 10.3 Å². The highest BCUT2D eigenvalue weighted by Crippen LogP contribution is 2.25. The molecule has 0 saturated carbocycles. The third kappa shape index (κ3) is 3.85. The number of aromatic nitrogens is 1. The van der Waals surface area contributed by atoms with Crippen molar-refractivity contribution < 1.29 is 18.7 Å². The average molecular weight is 352 g/mol. The fourth-order valence-electron chi connectivity index (χ4n) is 2.66. The molecule has 0 aliphatic rings. The maximum Gasteiger partial charge on any atom is 0.273 e. The van der Waals surface area contributed by atoms with Crippen molar-refractivity contribution in [2.75, 3.05) is 20.8 Å². The number of hydrogen-bond donors (Lipinski definition) is 1. The summed E-state index contributed by atoms with van der Waals surface area (Å²) in [6.07, 6.45) is 1.93. The summed E-state index contributed by atoms with van der Waals surface area (Å²) in [7, 11) is 3.23. The van der Waals surface area contributed by atoms with Gasteiger partial charge in [0, 0.05) is 12.1 Å². The Bertz CT molecular complexity index is 872. The lowest BCUT2D eigenvalue weighted by atomic mass is 10.1. The monoisotopic (exact) mass is 352 g/mol. The molecule has 0 spiro atoms. The second kappa shape index (κ2) is 8.20. The summed E-state index contributed by atoms with van der Waals surface area (Å²) in [5.74, 6) is 1.69. The van der Waals surface area contributed by atoms with Crippen LogP contribution in [0.25, 0.3) is 11.3 Å². The molecule has 3 rings (SSSR count). The van der Waals surface area contributed by atoms with Gasteiger partial charge in [-0.05, 0) is 42.3 Å². The predicted octanol–water partition coefficient (Wildman–Crippen LogP) is 3.33. The molecule has 6 heteroatoms. The normalized spacial score (nSPS) is 10.4. The number of para-hydroxylation sites is 1. The fraction of sp³-hybridized carbons (Fsp3) is 0.200. The molecule has 1 aromatic heterocycles. The van der Waals surface area contributed by atoms with Crippen LogP contribution in [-0.4, -0.2) is 31.7 Å². The van der Waals surface area contributed by atoms with Gasteiger partial charge >= 0.3 is 0 Å². The predicted molar refractivity (Wildman–Crippen MR) is 97.5 cm³/mol. The van der Waals surface area contributed by atoms with Crippen LogP contribution in [0, 0.1) is 0 Å². The van der Waals surface area contributed by atoms with Crippen LogP contribution in [0.1, 0.15) is 16.1 Å². The molecule has 1 heterocycles. The molecule has 2 aromatic carbocycles. The molecule has 0 radical (unpaired) electrons. The van der Waals surface area contributed by atoms with Crippen LogP contribution in [0.2, 0.25) is 0 Å². The first-order valence-electron chi connectivity index (χ1n) is 8.21. The van der Waals surface area contributed by atoms with E-state index < -0.39 is 0 Å². The Morgan fingerprint density at radius 1 is 1.08 bits per heavy atom. The number of oxazole rings is 1. The summed E-state index contributed by atoms with van der Waals surface area (Å²) in [4.78, 5) is 16.5. The van der Waals surface area contributed by atoms with E-state index in [-0.39, 0.29) is 11.6 Å². The number of nitrogens with one attached hydrogen (secondary N) is 1. The molecule has 0 unspecified atom stereocenters. The molecule has 0 saturated heterocycles. The molecule has 26 heavy (non-hydrogen) atoms. The Morgan fingerprint density at radius 3 is 2.58 bits per heavy atom. The number of benzene rings is 2. The number of ether oxygens (including phenoxy) is 2. The van der Waals surface area contributed by atoms with Crippen LogP contribution < -0.4 is 14.8 Å². The van der Waals surface area contributed by atoms with E-state index in [1.807, 2.05) is 36.4 Å². The van der Waals surface area contributed by atoms with E-state index in [0.717, 1.165) is 22.6 Å². The minimum absolute atomic E-state index is 0.259. The van der Waals surface area contributed by atoms with E-state index in [9.17, 15) is 4.79 Å². The number of carbonyl (C=O) groups excluding carboxylic acids is 1. The van der Waals surface area contributed by atoms with Crippen molar-refractivity contribution in [3.63, 3.8) is 0 Å². The third-order valence-corrected chi connectivity index (χ3v) is 4.01. The lowest BCUT2D eigenvalue weighted by molar-refractivity contribution is 0.0950. The van der Waals surface area contributed by atoms with Crippen molar-refractivity contribution in [2.24, 2.45) is 0 Å². The molecule has 0 aliphatic heterocycles. The Balaban J connectivity index is 1.66. The highest BCUT2D eigenvalue weighted by molar-refractivity contribution is 5.97. The van der Waals surface area contributed by atoms with Gasteiger partial charge in [-0.3, -0.25) is 4.79 Å². The molecule has 0 atom stereocenters. The topological polar surface area (TPSA) is 73.6 Å². The minimum atomic E-state index is -0.278. The van der Waals surface area contributed by atoms with Gasteiger partial charge in [-0.1, -0.05) is 18.2 Å². The SMILES string of the molecule is COc1ccc(-c2ocnc2C(=O)NCCc2ccccc2OC)cc1. The fourth-order valence-corrected chi connectivity index (χ4v) is 2.66. The zero-order chi connectivity index (χ0) is 18.4. The second-order valence-electron chi connectivity index (χ2n) is 5.58. The quantitative estimate of drug-likeness (QED) is 0.706. The van der Waals surface area contributed by atoms with Crippen LogP contribution in [-0.2, 0) is 6.42 Å². The molecule has 1 amide bonds. The van der Waals surface area contributed by atoms with Crippen LogP contribution >= 0.6 is 0 Å². The van der Waals surface area contributed by atoms with Crippen LogP contribution in [0.4, 0.5) is 0 Å². The lowest BCUT2D eigenvalue weighted by Gasteiger charge is -2.09. The Hall–Kier alpha value is -3.28. The molecule has 3 aromatic rings. The van der Waals surface area contributed by atoms with E-state index >= 15 is 0 Å². The summed E-state index contributed by atoms with van der Waals surface area (Å²) in [5, 5.41) is 2.88. The molecule has 0 bridgehead atoms. The number of methoxy groups -OCH3 is 2. The van der Waals surface area contributed by atoms with Gasteiger partial charge in [0.15, 0.2) is 17.8 Å². The molecule has 134 valence electrons. The van der Waals surface area contributed by atoms with Crippen molar-refractivity contribution in [1.82, 2.24) is 10.3 Å². The van der Waals surface area contributed by atoms with Crippen molar-refractivity contribution in [3.05, 3.63) is 66.2 Å². The van der Waals surface area contributed by atoms with E-state index in [1.54, 1.807) is 26.4 Å². The Kier molecular flexibility index (Phi) is 5.53. The molecule has 1 N–H and O–H groups in total. The van der Waals surface area contributed by atoms with Gasteiger partial charge in [0.25, 0.3) is 5.91 Å². The standard InChI is InChI=1S/C20H20N2O4/c1-24-16-9-7-15(8-10-16)19-18(22-13-26-19)20(23)21-12-11-14-5-3-4-6-17(14)25-2/h3-10,13H,11-12H2,1-2H3,(H,21,23). The highest BCUT2D eigenvalue weighted by Gasteiger charge is 2.18. The zero-order valence-electron chi connectivity index (χ0n) is 14.7. The van der Waals surface area contributed by atoms with Crippen molar-refractivity contribution in [1.29, 1.82) is 0 Å². The molecular formula is C20H20N2O4. The smallest absolute Gasteiger partial charge is 0.273 e. The minimum Gasteiger partial charge on any atom is -0.497 e. The largest absolute Gasteiger partial charge is 0.497 e. The Labute approximate surface area is 151 Å². The van der Waals surface area contributed by atoms with Crippen LogP contribution in [0.3, 0.4) is 0 Å². The first kappa shape index (κ1) is 17.5. The van der Waals surface area contributed by atoms with Gasteiger partial charge in [0.2, 0.25) is 0 Å². The van der Waals surface area contributed by atoms with Crippen molar-refractivity contribution in [2.45, 2.75) is 6.42 Å². The Morgan fingerprint density at radius 2 is 1.85 bits per heavy atom. The van der Waals surface area contributed by atoms with Gasteiger partial charge in [-0.25, -0.2) is 4.98 Å². The zero-order valence-corrected chi connectivity index (χ0v) is 14.7. The van der Waals surface area contributed by atoms with Gasteiger partial charge < -0.3 is 19.2 Å². The number of nitrogens with zero attached hydrogens (tertiary/aromatic N) is 1. The van der Waals surface area contributed by atoms with Gasteiger partial charge in [0.1, 0.15) is 11.5 Å². The maximum atomic E-state index is 12.5. The molecule has 6 nitrogen and oxygen atoms in total. The van der Waals surface area contributed by atoms with Crippen LogP contribution in [0.15, 0.2) is 59.3 Å². The lowest BCUT2D eigenvalue weighted by Crippen LogP contribution is -2.26. The van der Waals surface area contributed by atoms with E-state index in [1.165, 1.54) is 6.39 Å². The van der Waals surface area contributed by atoms with E-state index in [0.29, 0.717) is 18.7 Å². The summed E-state index contributed by atoms with van der Waals surface area (Å²) >= 11 is 0. The number of rotatable bonds is 7. The van der Waals surface area contributed by atoms with Gasteiger partial charge in [0.05, 0.1) is 14.2 Å². The third-order valence-electron chi connectivity index (χ3n) is 4.01. The highest BCUT2D eigenvalue weighted by atomic mass is 16.5. The van der Waals surface area contributed by atoms with Crippen molar-refractivity contribution in [3.8, 4) is 22.8 Å². The number of hydrogen-bond acceptors (Lipinski definition) is 5. The summed E-state index contributed by atoms with van der Waals surface area (Å²) < 4.78 is 15.9. The summed E-state index contributed by atoms with van der Waals surface area (Å²) in [6.45, 7) is 0.466. The molecular weight excluding hydrogens is 332 g/mol. The summed E-state index contributed by atoms with van der Waals surface area (Å²) in [6, 6.07) is 15.0. The first-order chi connectivity index (χ1) is 12.7. The molecule has 0 fully saturated rings. The van der Waals surface area contributed by atoms with Crippen molar-refractivity contribution >= 4 is 5.91 Å². The summed E-state index contributed by atoms with van der Waals surface area (Å²) in [5.41, 5.74) is 2.05. The molecule has 0 aliphatic carbocycles. The average Bonchev–Trinajstić information content (AvgIpc) is 3.18. The van der Waals surface area contributed by atoms with E-state index in [4.69, 9.17) is 13.9 Å². The van der Waals surface area contributed by atoms with Crippen LogP contribution in [0.5, 0.6) is 11.5 Å². The first-order valence-corrected chi connectivity index (χ1v) is 8.21.